The highest BCUT2D eigenvalue weighted by Gasteiger charge is 2.21. The maximum absolute atomic E-state index is 13.6. The van der Waals surface area contributed by atoms with Gasteiger partial charge in [-0.2, -0.15) is 0 Å². The highest BCUT2D eigenvalue weighted by molar-refractivity contribution is 5.94. The largest absolute Gasteiger partial charge is 0.493 e. The number of amides is 1. The van der Waals surface area contributed by atoms with E-state index in [4.69, 9.17) is 9.47 Å². The zero-order valence-electron chi connectivity index (χ0n) is 14.3. The molecule has 0 fully saturated rings. The minimum atomic E-state index is -1.09. The molecule has 0 saturated carbocycles. The minimum absolute atomic E-state index is 0.178. The first-order valence-electron chi connectivity index (χ1n) is 7.55. The third-order valence-electron chi connectivity index (χ3n) is 3.47. The number of esters is 1. The van der Waals surface area contributed by atoms with Crippen molar-refractivity contribution in [2.45, 2.75) is 13.0 Å². The van der Waals surface area contributed by atoms with Crippen molar-refractivity contribution in [1.29, 1.82) is 0 Å². The van der Waals surface area contributed by atoms with Crippen LogP contribution in [0, 0.1) is 11.6 Å². The summed E-state index contributed by atoms with van der Waals surface area (Å²) < 4.78 is 42.5. The maximum atomic E-state index is 13.6. The van der Waals surface area contributed by atoms with Crippen LogP contribution in [0.3, 0.4) is 0 Å². The van der Waals surface area contributed by atoms with Gasteiger partial charge < -0.3 is 19.5 Å². The van der Waals surface area contributed by atoms with Crippen LogP contribution in [-0.4, -0.2) is 32.2 Å². The molecule has 138 valence electrons. The summed E-state index contributed by atoms with van der Waals surface area (Å²) in [5.74, 6) is -2.73. The molecule has 26 heavy (non-hydrogen) atoms. The smallest absolute Gasteiger partial charge is 0.337 e. The molecule has 0 aliphatic rings. The van der Waals surface area contributed by atoms with E-state index < -0.39 is 35.3 Å². The molecular weight excluding hydrogens is 348 g/mol. The first kappa shape index (κ1) is 19.2. The molecule has 0 radical (unpaired) electrons. The van der Waals surface area contributed by atoms with Gasteiger partial charge in [0.25, 0.3) is 5.91 Å². The summed E-state index contributed by atoms with van der Waals surface area (Å²) in [6.45, 7) is 1.40. The molecule has 0 aliphatic carbocycles. The molecule has 2 rings (SSSR count). The van der Waals surface area contributed by atoms with Crippen molar-refractivity contribution >= 4 is 17.6 Å². The van der Waals surface area contributed by atoms with E-state index in [2.05, 4.69) is 10.1 Å². The monoisotopic (exact) mass is 365 g/mol. The van der Waals surface area contributed by atoms with Gasteiger partial charge >= 0.3 is 5.97 Å². The van der Waals surface area contributed by atoms with Crippen LogP contribution in [-0.2, 0) is 9.53 Å². The normalized spacial score (nSPS) is 11.4. The van der Waals surface area contributed by atoms with E-state index in [0.717, 1.165) is 12.1 Å². The lowest BCUT2D eigenvalue weighted by molar-refractivity contribution is -0.122. The predicted octanol–water partition coefficient (Wildman–Crippen LogP) is 3.17. The van der Waals surface area contributed by atoms with Crippen molar-refractivity contribution in [2.24, 2.45) is 0 Å². The van der Waals surface area contributed by atoms with Gasteiger partial charge in [-0.1, -0.05) is 6.07 Å². The maximum Gasteiger partial charge on any atom is 0.337 e. The van der Waals surface area contributed by atoms with Gasteiger partial charge in [0.2, 0.25) is 0 Å². The van der Waals surface area contributed by atoms with Crippen LogP contribution in [0.5, 0.6) is 11.5 Å². The molecule has 6 nitrogen and oxygen atoms in total. The van der Waals surface area contributed by atoms with Crippen molar-refractivity contribution in [1.82, 2.24) is 0 Å². The fourth-order valence-electron chi connectivity index (χ4n) is 2.10. The second-order valence-electron chi connectivity index (χ2n) is 5.20. The fourth-order valence-corrected chi connectivity index (χ4v) is 2.10. The molecule has 1 atom stereocenters. The van der Waals surface area contributed by atoms with E-state index in [0.29, 0.717) is 0 Å². The number of hydrogen-bond acceptors (Lipinski definition) is 5. The minimum Gasteiger partial charge on any atom is -0.493 e. The van der Waals surface area contributed by atoms with E-state index in [9.17, 15) is 18.4 Å². The molecular formula is C18H17F2NO5. The first-order chi connectivity index (χ1) is 12.4. The SMILES string of the molecule is COC(=O)c1ccc(O[C@H](C)C(=O)Nc2c(F)cccc2F)c(OC)c1. The number of halogens is 2. The van der Waals surface area contributed by atoms with Crippen LogP contribution in [0.15, 0.2) is 36.4 Å². The lowest BCUT2D eigenvalue weighted by Crippen LogP contribution is -2.31. The van der Waals surface area contributed by atoms with Crippen molar-refractivity contribution in [2.75, 3.05) is 19.5 Å². The van der Waals surface area contributed by atoms with Crippen LogP contribution < -0.4 is 14.8 Å². The zero-order chi connectivity index (χ0) is 19.3. The van der Waals surface area contributed by atoms with Crippen LogP contribution >= 0.6 is 0 Å². The lowest BCUT2D eigenvalue weighted by Gasteiger charge is -2.17. The van der Waals surface area contributed by atoms with Gasteiger partial charge in [-0.25, -0.2) is 13.6 Å². The fraction of sp³-hybridized carbons (Fsp3) is 0.222. The molecule has 2 aromatic carbocycles. The Kier molecular flexibility index (Phi) is 6.11. The van der Waals surface area contributed by atoms with Crippen LogP contribution in [0.2, 0.25) is 0 Å². The summed E-state index contributed by atoms with van der Waals surface area (Å²) >= 11 is 0. The summed E-state index contributed by atoms with van der Waals surface area (Å²) in [4.78, 5) is 23.7. The molecule has 1 N–H and O–H groups in total. The summed E-state index contributed by atoms with van der Waals surface area (Å²) in [6, 6.07) is 7.50. The standard InChI is InChI=1S/C18H17F2NO5/c1-10(17(22)21-16-12(19)5-4-6-13(16)20)26-14-8-7-11(18(23)25-3)9-15(14)24-2/h4-10H,1-3H3,(H,21,22)/t10-/m1/s1. The molecule has 8 heteroatoms. The molecule has 0 aliphatic heterocycles. The number of anilines is 1. The van der Waals surface area contributed by atoms with E-state index in [1.807, 2.05) is 0 Å². The number of ether oxygens (including phenoxy) is 3. The Morgan fingerprint density at radius 1 is 1.04 bits per heavy atom. The summed E-state index contributed by atoms with van der Waals surface area (Å²) in [5, 5.41) is 2.15. The molecule has 0 spiro atoms. The average molecular weight is 365 g/mol. The van der Waals surface area contributed by atoms with Gasteiger partial charge in [0.05, 0.1) is 19.8 Å². The second-order valence-corrected chi connectivity index (χ2v) is 5.20. The van der Waals surface area contributed by atoms with E-state index in [1.54, 1.807) is 0 Å². The lowest BCUT2D eigenvalue weighted by atomic mass is 10.2. The van der Waals surface area contributed by atoms with Crippen molar-refractivity contribution in [3.05, 3.63) is 53.6 Å². The number of carbonyl (C=O) groups is 2. The Morgan fingerprint density at radius 2 is 1.69 bits per heavy atom. The van der Waals surface area contributed by atoms with Gasteiger partial charge in [0.15, 0.2) is 17.6 Å². The van der Waals surface area contributed by atoms with Crippen molar-refractivity contribution in [3.63, 3.8) is 0 Å². The van der Waals surface area contributed by atoms with E-state index in [1.165, 1.54) is 45.4 Å². The molecule has 0 bridgehead atoms. The predicted molar refractivity (Wildman–Crippen MR) is 89.4 cm³/mol. The number of hydrogen-bond donors (Lipinski definition) is 1. The third kappa shape index (κ3) is 4.27. The summed E-state index contributed by atoms with van der Waals surface area (Å²) in [5.41, 5.74) is -0.316. The second kappa shape index (κ2) is 8.28. The van der Waals surface area contributed by atoms with Gasteiger partial charge in [-0.3, -0.25) is 4.79 Å². The molecule has 0 heterocycles. The molecule has 2 aromatic rings. The molecule has 0 unspecified atom stereocenters. The van der Waals surface area contributed by atoms with Crippen molar-refractivity contribution in [3.8, 4) is 11.5 Å². The quantitative estimate of drug-likeness (QED) is 0.796. The average Bonchev–Trinajstić information content (AvgIpc) is 2.64. The number of benzene rings is 2. The highest BCUT2D eigenvalue weighted by Crippen LogP contribution is 2.29. The number of nitrogens with one attached hydrogen (secondary N) is 1. The highest BCUT2D eigenvalue weighted by atomic mass is 19.1. The third-order valence-corrected chi connectivity index (χ3v) is 3.47. The van der Waals surface area contributed by atoms with Gasteiger partial charge in [-0.15, -0.1) is 0 Å². The molecule has 0 saturated heterocycles. The Hall–Kier alpha value is -3.16. The van der Waals surface area contributed by atoms with Gasteiger partial charge in [0, 0.05) is 0 Å². The number of methoxy groups -OCH3 is 2. The van der Waals surface area contributed by atoms with Gasteiger partial charge in [0.1, 0.15) is 17.3 Å². The van der Waals surface area contributed by atoms with Crippen LogP contribution in [0.1, 0.15) is 17.3 Å². The number of rotatable bonds is 6. The van der Waals surface area contributed by atoms with Crippen LogP contribution in [0.25, 0.3) is 0 Å². The number of para-hydroxylation sites is 1. The van der Waals surface area contributed by atoms with E-state index in [-0.39, 0.29) is 17.1 Å². The van der Waals surface area contributed by atoms with Crippen LogP contribution in [0.4, 0.5) is 14.5 Å². The topological polar surface area (TPSA) is 73.9 Å². The van der Waals surface area contributed by atoms with Crippen molar-refractivity contribution < 1.29 is 32.6 Å². The number of carbonyl (C=O) groups excluding carboxylic acids is 2. The van der Waals surface area contributed by atoms with E-state index >= 15 is 0 Å². The molecule has 1 amide bonds. The Labute approximate surface area is 148 Å². The Bertz CT molecular complexity index is 805. The summed E-state index contributed by atoms with van der Waals surface area (Å²) in [6.07, 6.45) is -1.09. The summed E-state index contributed by atoms with van der Waals surface area (Å²) in [7, 11) is 2.61. The molecule has 0 aromatic heterocycles. The Morgan fingerprint density at radius 3 is 2.27 bits per heavy atom. The Balaban J connectivity index is 2.15. The van der Waals surface area contributed by atoms with Gasteiger partial charge in [-0.05, 0) is 37.3 Å². The zero-order valence-corrected chi connectivity index (χ0v) is 14.3. The first-order valence-corrected chi connectivity index (χ1v) is 7.55.